The molecule has 1 unspecified atom stereocenters. The van der Waals surface area contributed by atoms with Gasteiger partial charge in [-0.25, -0.2) is 4.79 Å². The molecule has 3 aromatic rings. The first-order valence-electron chi connectivity index (χ1n) is 11.4. The maximum absolute atomic E-state index is 12.0. The van der Waals surface area contributed by atoms with Gasteiger partial charge in [-0.3, -0.25) is 15.1 Å². The second-order valence-corrected chi connectivity index (χ2v) is 8.04. The van der Waals surface area contributed by atoms with Crippen LogP contribution in [0, 0.1) is 0 Å². The smallest absolute Gasteiger partial charge is 0.326 e. The molecule has 4 rings (SSSR count). The van der Waals surface area contributed by atoms with Crippen LogP contribution in [0.1, 0.15) is 24.8 Å². The van der Waals surface area contributed by atoms with Crippen LogP contribution in [0.4, 0.5) is 6.01 Å². The summed E-state index contributed by atoms with van der Waals surface area (Å²) < 4.78 is 11.2. The number of aromatic nitrogens is 1. The molecular formula is C24H27N5O6. The van der Waals surface area contributed by atoms with Crippen LogP contribution in [0.25, 0.3) is 11.1 Å². The van der Waals surface area contributed by atoms with Gasteiger partial charge >= 0.3 is 5.97 Å². The maximum atomic E-state index is 12.0. The fourth-order valence-corrected chi connectivity index (χ4v) is 3.54. The van der Waals surface area contributed by atoms with Crippen LogP contribution in [0.3, 0.4) is 0 Å². The minimum Gasteiger partial charge on any atom is -0.506 e. The molecule has 0 bridgehead atoms. The summed E-state index contributed by atoms with van der Waals surface area (Å²) in [5, 5.41) is 28.0. The van der Waals surface area contributed by atoms with Crippen molar-refractivity contribution in [1.82, 2.24) is 15.6 Å². The van der Waals surface area contributed by atoms with Crippen molar-refractivity contribution in [3.8, 4) is 11.5 Å². The van der Waals surface area contributed by atoms with Gasteiger partial charge in [0.25, 0.3) is 6.01 Å². The lowest BCUT2D eigenvalue weighted by atomic mass is 10.1. The molecule has 0 saturated heterocycles. The molecule has 5 N–H and O–H groups in total. The van der Waals surface area contributed by atoms with Gasteiger partial charge in [0.05, 0.1) is 6.61 Å². The van der Waals surface area contributed by atoms with E-state index in [1.807, 2.05) is 0 Å². The van der Waals surface area contributed by atoms with Crippen molar-refractivity contribution in [2.24, 2.45) is 4.99 Å². The largest absolute Gasteiger partial charge is 0.506 e. The van der Waals surface area contributed by atoms with Crippen molar-refractivity contribution in [2.45, 2.75) is 31.7 Å². The number of carbonyl (C=O) groups is 2. The lowest BCUT2D eigenvalue weighted by Gasteiger charge is -2.15. The van der Waals surface area contributed by atoms with Crippen molar-refractivity contribution < 1.29 is 29.0 Å². The molecule has 2 aromatic carbocycles. The van der Waals surface area contributed by atoms with Gasteiger partial charge in [0, 0.05) is 25.9 Å². The number of carboxylic acids is 1. The average Bonchev–Trinajstić information content (AvgIpc) is 3.27. The van der Waals surface area contributed by atoms with Gasteiger partial charge in [-0.1, -0.05) is 18.2 Å². The van der Waals surface area contributed by atoms with Crippen LogP contribution in [0.5, 0.6) is 11.5 Å². The summed E-state index contributed by atoms with van der Waals surface area (Å²) >= 11 is 0. The van der Waals surface area contributed by atoms with Crippen LogP contribution in [0.15, 0.2) is 51.9 Å². The van der Waals surface area contributed by atoms with Crippen LogP contribution in [0.2, 0.25) is 0 Å². The number of carboxylic acid groups (broad SMARTS) is 1. The Morgan fingerprint density at radius 1 is 1.20 bits per heavy atom. The number of rotatable bonds is 10. The van der Waals surface area contributed by atoms with E-state index in [4.69, 9.17) is 9.15 Å². The van der Waals surface area contributed by atoms with Crippen molar-refractivity contribution in [3.05, 3.63) is 48.0 Å². The van der Waals surface area contributed by atoms with Gasteiger partial charge in [0.2, 0.25) is 5.91 Å². The number of para-hydroxylation sites is 1. The number of nitrogens with zero attached hydrogens (tertiary/aromatic N) is 2. The number of aliphatic imine (C=N–C) groups is 1. The van der Waals surface area contributed by atoms with Gasteiger partial charge in [-0.05, 0) is 42.7 Å². The van der Waals surface area contributed by atoms with Gasteiger partial charge < -0.3 is 30.0 Å². The third-order valence-corrected chi connectivity index (χ3v) is 5.33. The van der Waals surface area contributed by atoms with Gasteiger partial charge in [0.15, 0.2) is 17.1 Å². The molecule has 1 aliphatic heterocycles. The SMILES string of the molecule is O=C(CCCOc1ccc(CC(Nc2nc3c(O)cccc3o2)C(=O)O)cc1)NC1=NCCCN1. The number of phenols is 1. The van der Waals surface area contributed by atoms with Crippen molar-refractivity contribution in [3.63, 3.8) is 0 Å². The summed E-state index contributed by atoms with van der Waals surface area (Å²) in [4.78, 5) is 32.1. The Morgan fingerprint density at radius 3 is 2.74 bits per heavy atom. The molecule has 0 spiro atoms. The minimum atomic E-state index is -1.07. The third kappa shape index (κ3) is 6.62. The van der Waals surface area contributed by atoms with Crippen molar-refractivity contribution in [2.75, 3.05) is 25.0 Å². The zero-order valence-corrected chi connectivity index (χ0v) is 19.0. The molecule has 1 aromatic heterocycles. The first kappa shape index (κ1) is 23.9. The first-order chi connectivity index (χ1) is 17.0. The van der Waals surface area contributed by atoms with E-state index >= 15 is 0 Å². The molecule has 184 valence electrons. The van der Waals surface area contributed by atoms with Crippen LogP contribution in [-0.4, -0.2) is 58.8 Å². The number of hydrogen-bond acceptors (Lipinski definition) is 9. The molecule has 0 saturated carbocycles. The maximum Gasteiger partial charge on any atom is 0.326 e. The topological polar surface area (TPSA) is 158 Å². The van der Waals surface area contributed by atoms with E-state index in [0.29, 0.717) is 43.3 Å². The van der Waals surface area contributed by atoms with Crippen molar-refractivity contribution >= 4 is 35.0 Å². The van der Waals surface area contributed by atoms with Crippen molar-refractivity contribution in [1.29, 1.82) is 0 Å². The number of aliphatic carboxylic acids is 1. The van der Waals surface area contributed by atoms with E-state index < -0.39 is 12.0 Å². The Kier molecular flexibility index (Phi) is 7.66. The Balaban J connectivity index is 1.24. The standard InChI is InChI=1S/C24H27N5O6/c30-18-4-1-5-19-21(18)29-24(35-19)27-17(22(32)33)14-15-7-9-16(10-8-15)34-13-2-6-20(31)28-23-25-11-3-12-26-23/h1,4-5,7-10,17,30H,2-3,6,11-14H2,(H,27,29)(H,32,33)(H2,25,26,28,31). The Morgan fingerprint density at radius 2 is 2.03 bits per heavy atom. The number of anilines is 1. The highest BCUT2D eigenvalue weighted by molar-refractivity contribution is 5.97. The van der Waals surface area contributed by atoms with E-state index in [9.17, 15) is 19.8 Å². The predicted molar refractivity (Wildman–Crippen MR) is 129 cm³/mol. The Labute approximate surface area is 201 Å². The summed E-state index contributed by atoms with van der Waals surface area (Å²) in [6.45, 7) is 1.89. The Bertz CT molecular complexity index is 1210. The summed E-state index contributed by atoms with van der Waals surface area (Å²) in [6, 6.07) is 10.8. The van der Waals surface area contributed by atoms with E-state index in [-0.39, 0.29) is 29.6 Å². The van der Waals surface area contributed by atoms with E-state index in [1.165, 1.54) is 6.07 Å². The quantitative estimate of drug-likeness (QED) is 0.274. The first-order valence-corrected chi connectivity index (χ1v) is 11.4. The lowest BCUT2D eigenvalue weighted by Crippen LogP contribution is -2.43. The van der Waals surface area contributed by atoms with Crippen LogP contribution < -0.4 is 20.7 Å². The van der Waals surface area contributed by atoms with E-state index in [0.717, 1.165) is 18.5 Å². The van der Waals surface area contributed by atoms with Crippen LogP contribution in [-0.2, 0) is 16.0 Å². The number of aromatic hydroxyl groups is 1. The molecule has 0 aliphatic carbocycles. The minimum absolute atomic E-state index is 0.0178. The number of phenolic OH excluding ortho intramolecular Hbond substituents is 1. The number of hydrogen-bond donors (Lipinski definition) is 5. The van der Waals surface area contributed by atoms with Gasteiger partial charge in [-0.15, -0.1) is 0 Å². The molecule has 2 heterocycles. The number of amides is 1. The fourth-order valence-electron chi connectivity index (χ4n) is 3.54. The number of fused-ring (bicyclic) bond motifs is 1. The summed E-state index contributed by atoms with van der Waals surface area (Å²) in [6.07, 6.45) is 2.01. The predicted octanol–water partition coefficient (Wildman–Crippen LogP) is 2.27. The lowest BCUT2D eigenvalue weighted by molar-refractivity contribution is -0.138. The molecule has 35 heavy (non-hydrogen) atoms. The summed E-state index contributed by atoms with van der Waals surface area (Å²) in [5.74, 6) is -0.0659. The molecule has 1 amide bonds. The number of guanidine groups is 1. The van der Waals surface area contributed by atoms with E-state index in [2.05, 4.69) is 25.9 Å². The third-order valence-electron chi connectivity index (χ3n) is 5.33. The molecule has 0 radical (unpaired) electrons. The molecule has 1 aliphatic rings. The number of benzene rings is 2. The number of nitrogens with one attached hydrogen (secondary N) is 3. The van der Waals surface area contributed by atoms with E-state index in [1.54, 1.807) is 36.4 Å². The normalized spacial score (nSPS) is 14.0. The molecular weight excluding hydrogens is 454 g/mol. The summed E-state index contributed by atoms with van der Waals surface area (Å²) in [5.41, 5.74) is 1.39. The highest BCUT2D eigenvalue weighted by Gasteiger charge is 2.21. The fraction of sp³-hybridized carbons (Fsp3) is 0.333. The zero-order valence-electron chi connectivity index (χ0n) is 19.0. The zero-order chi connectivity index (χ0) is 24.6. The monoisotopic (exact) mass is 481 g/mol. The highest BCUT2D eigenvalue weighted by Crippen LogP contribution is 2.27. The number of carbonyl (C=O) groups excluding carboxylic acids is 1. The second kappa shape index (κ2) is 11.2. The second-order valence-electron chi connectivity index (χ2n) is 8.04. The molecule has 1 atom stereocenters. The Hall–Kier alpha value is -4.28. The molecule has 11 heteroatoms. The average molecular weight is 482 g/mol. The van der Waals surface area contributed by atoms with Gasteiger partial charge in [-0.2, -0.15) is 4.98 Å². The van der Waals surface area contributed by atoms with Crippen LogP contribution >= 0.6 is 0 Å². The highest BCUT2D eigenvalue weighted by atomic mass is 16.5. The number of oxazole rings is 1. The van der Waals surface area contributed by atoms with Gasteiger partial charge in [0.1, 0.15) is 17.5 Å². The number of ether oxygens (including phenoxy) is 1. The summed E-state index contributed by atoms with van der Waals surface area (Å²) in [7, 11) is 0. The molecule has 0 fully saturated rings. The molecule has 11 nitrogen and oxygen atoms in total.